The van der Waals surface area contributed by atoms with Gasteiger partial charge in [-0.25, -0.2) is 0 Å². The first kappa shape index (κ1) is 18.5. The number of fused-ring (bicyclic) bond motifs is 2. The number of nitrogens with zero attached hydrogens (tertiary/aromatic N) is 2. The van der Waals surface area contributed by atoms with Gasteiger partial charge >= 0.3 is 6.18 Å². The maximum Gasteiger partial charge on any atom is 0.435 e. The van der Waals surface area contributed by atoms with Crippen molar-refractivity contribution in [3.8, 4) is 0 Å². The Kier molecular flexibility index (Phi) is 4.16. The van der Waals surface area contributed by atoms with Gasteiger partial charge in [0.05, 0.1) is 11.1 Å². The van der Waals surface area contributed by atoms with E-state index in [1.807, 2.05) is 38.2 Å². The van der Waals surface area contributed by atoms with Crippen LogP contribution in [0, 0.1) is 11.3 Å². The average Bonchev–Trinajstić information content (AvgIpc) is 3.04. The van der Waals surface area contributed by atoms with Gasteiger partial charge in [-0.2, -0.15) is 18.3 Å². The Balaban J connectivity index is 2.00. The van der Waals surface area contributed by atoms with E-state index in [1.165, 1.54) is 7.05 Å². The molecular weight excluding hydrogens is 343 g/mol. The monoisotopic (exact) mass is 365 g/mol. The van der Waals surface area contributed by atoms with Crippen molar-refractivity contribution in [2.45, 2.75) is 38.4 Å². The zero-order valence-electron chi connectivity index (χ0n) is 15.0. The van der Waals surface area contributed by atoms with Crippen molar-refractivity contribution < 1.29 is 18.0 Å². The Morgan fingerprint density at radius 3 is 2.73 bits per heavy atom. The molecule has 4 nitrogen and oxygen atoms in total. The largest absolute Gasteiger partial charge is 0.435 e. The number of aryl methyl sites for hydroxylation is 1. The number of amides is 1. The summed E-state index contributed by atoms with van der Waals surface area (Å²) in [5.41, 5.74) is -1.80. The third-order valence-electron chi connectivity index (χ3n) is 5.78. The van der Waals surface area contributed by atoms with Crippen LogP contribution < -0.4 is 5.32 Å². The van der Waals surface area contributed by atoms with E-state index in [4.69, 9.17) is 0 Å². The molecule has 0 radical (unpaired) electrons. The predicted molar refractivity (Wildman–Crippen MR) is 92.3 cm³/mol. The van der Waals surface area contributed by atoms with E-state index < -0.39 is 28.9 Å². The van der Waals surface area contributed by atoms with Gasteiger partial charge in [0.15, 0.2) is 5.69 Å². The minimum atomic E-state index is -4.69. The number of alkyl halides is 3. The quantitative estimate of drug-likeness (QED) is 0.860. The lowest BCUT2D eigenvalue weighted by molar-refractivity contribution is -0.141. The van der Waals surface area contributed by atoms with Crippen molar-refractivity contribution in [1.82, 2.24) is 15.1 Å². The summed E-state index contributed by atoms with van der Waals surface area (Å²) in [5.74, 6) is -0.626. The first-order chi connectivity index (χ1) is 12.0. The summed E-state index contributed by atoms with van der Waals surface area (Å²) in [6.45, 7) is 8.16. The fraction of sp³-hybridized carbons (Fsp3) is 0.474. The van der Waals surface area contributed by atoms with E-state index in [-0.39, 0.29) is 11.3 Å². The molecule has 26 heavy (non-hydrogen) atoms. The van der Waals surface area contributed by atoms with Crippen LogP contribution in [0.1, 0.15) is 42.7 Å². The topological polar surface area (TPSA) is 46.9 Å². The normalized spacial score (nSPS) is 29.8. The van der Waals surface area contributed by atoms with Gasteiger partial charge in [-0.3, -0.25) is 9.48 Å². The highest BCUT2D eigenvalue weighted by Crippen LogP contribution is 2.54. The van der Waals surface area contributed by atoms with Gasteiger partial charge in [0.2, 0.25) is 0 Å². The van der Waals surface area contributed by atoms with Crippen molar-refractivity contribution in [1.29, 1.82) is 0 Å². The predicted octanol–water partition coefficient (Wildman–Crippen LogP) is 4.03. The van der Waals surface area contributed by atoms with Crippen molar-refractivity contribution in [3.05, 3.63) is 53.9 Å². The molecule has 2 unspecified atom stereocenters. The number of carbonyl (C=O) groups excluding carboxylic acids is 1. The van der Waals surface area contributed by atoms with Gasteiger partial charge in [0.1, 0.15) is 0 Å². The van der Waals surface area contributed by atoms with Crippen LogP contribution in [0.25, 0.3) is 0 Å². The SMILES string of the molecule is C=C1/C=C\C=C/C2(NC(=O)c3cn(C)nc3C(F)(F)F)CCC1C2(C)C. The van der Waals surface area contributed by atoms with Gasteiger partial charge in [-0.15, -0.1) is 0 Å². The number of hydrogen-bond donors (Lipinski definition) is 1. The highest BCUT2D eigenvalue weighted by atomic mass is 19.4. The number of allylic oxidation sites excluding steroid dienone is 4. The number of carbonyl (C=O) groups is 1. The zero-order chi connectivity index (χ0) is 19.3. The maximum atomic E-state index is 13.2. The van der Waals surface area contributed by atoms with E-state index in [9.17, 15) is 18.0 Å². The van der Waals surface area contributed by atoms with E-state index in [0.29, 0.717) is 6.42 Å². The second-order valence-corrected chi connectivity index (χ2v) is 7.59. The standard InChI is InChI=1S/C19H22F3N3O/c1-12-7-5-6-9-18(10-8-14(12)17(18,2)3)23-16(26)13-11-25(4)24-15(13)19(20,21)22/h5-7,9,11,14H,1,8,10H2,2-4H3,(H,23,26)/b7-5-,9-6-. The number of nitrogens with one attached hydrogen (secondary N) is 1. The Morgan fingerprint density at radius 1 is 1.38 bits per heavy atom. The van der Waals surface area contributed by atoms with Crippen LogP contribution in [0.2, 0.25) is 0 Å². The molecule has 1 amide bonds. The molecule has 140 valence electrons. The number of aromatic nitrogens is 2. The van der Waals surface area contributed by atoms with E-state index in [0.717, 1.165) is 22.9 Å². The molecule has 0 saturated heterocycles. The summed E-state index contributed by atoms with van der Waals surface area (Å²) in [4.78, 5) is 12.8. The molecule has 0 aliphatic heterocycles. The number of hydrogen-bond acceptors (Lipinski definition) is 2. The second-order valence-electron chi connectivity index (χ2n) is 7.59. The fourth-order valence-corrected chi connectivity index (χ4v) is 4.23. The van der Waals surface area contributed by atoms with E-state index in [1.54, 1.807) is 0 Å². The highest BCUT2D eigenvalue weighted by molar-refractivity contribution is 5.96. The minimum absolute atomic E-state index is 0.139. The Morgan fingerprint density at radius 2 is 2.08 bits per heavy atom. The van der Waals surface area contributed by atoms with Crippen molar-refractivity contribution in [3.63, 3.8) is 0 Å². The first-order valence-corrected chi connectivity index (χ1v) is 8.46. The molecule has 0 aromatic carbocycles. The molecule has 7 heteroatoms. The van der Waals surface area contributed by atoms with Crippen molar-refractivity contribution in [2.24, 2.45) is 18.4 Å². The molecule has 2 bridgehead atoms. The minimum Gasteiger partial charge on any atom is -0.342 e. The Labute approximate surface area is 150 Å². The van der Waals surface area contributed by atoms with Crippen LogP contribution in [0.3, 0.4) is 0 Å². The molecule has 1 fully saturated rings. The van der Waals surface area contributed by atoms with Gasteiger partial charge in [0.25, 0.3) is 5.91 Å². The van der Waals surface area contributed by atoms with Gasteiger partial charge in [-0.05, 0) is 24.2 Å². The Bertz CT molecular complexity index is 816. The van der Waals surface area contributed by atoms with Crippen LogP contribution in [0.5, 0.6) is 0 Å². The third kappa shape index (κ3) is 2.79. The molecular formula is C19H22F3N3O. The average molecular weight is 365 g/mol. The second kappa shape index (κ2) is 5.86. The molecule has 2 aliphatic rings. The maximum absolute atomic E-state index is 13.2. The van der Waals surface area contributed by atoms with Crippen molar-refractivity contribution >= 4 is 5.91 Å². The lowest BCUT2D eigenvalue weighted by atomic mass is 9.67. The van der Waals surface area contributed by atoms with Crippen LogP contribution in [-0.4, -0.2) is 21.2 Å². The number of rotatable bonds is 2. The summed E-state index contributed by atoms with van der Waals surface area (Å²) in [6, 6.07) is 0. The fourth-order valence-electron chi connectivity index (χ4n) is 4.23. The highest BCUT2D eigenvalue weighted by Gasteiger charge is 2.55. The molecule has 1 aromatic heterocycles. The lowest BCUT2D eigenvalue weighted by Gasteiger charge is -2.44. The first-order valence-electron chi connectivity index (χ1n) is 8.46. The zero-order valence-corrected chi connectivity index (χ0v) is 15.0. The molecule has 2 aliphatic carbocycles. The summed E-state index contributed by atoms with van der Waals surface area (Å²) in [6.07, 6.45) is 5.37. The molecule has 3 rings (SSSR count). The summed E-state index contributed by atoms with van der Waals surface area (Å²) in [5, 5.41) is 6.31. The summed E-state index contributed by atoms with van der Waals surface area (Å²) < 4.78 is 40.7. The lowest BCUT2D eigenvalue weighted by Crippen LogP contribution is -2.55. The van der Waals surface area contributed by atoms with Gasteiger partial charge < -0.3 is 5.32 Å². The van der Waals surface area contributed by atoms with Gasteiger partial charge in [0, 0.05) is 13.2 Å². The van der Waals surface area contributed by atoms with Gasteiger partial charge in [-0.1, -0.05) is 50.3 Å². The van der Waals surface area contributed by atoms with Crippen molar-refractivity contribution in [2.75, 3.05) is 0 Å². The molecule has 1 N–H and O–H groups in total. The van der Waals surface area contributed by atoms with E-state index >= 15 is 0 Å². The molecule has 1 saturated carbocycles. The molecule has 2 atom stereocenters. The molecule has 1 aromatic rings. The summed E-state index contributed by atoms with van der Waals surface area (Å²) in [7, 11) is 1.37. The molecule has 1 heterocycles. The number of halogens is 3. The summed E-state index contributed by atoms with van der Waals surface area (Å²) >= 11 is 0. The smallest absolute Gasteiger partial charge is 0.342 e. The van der Waals surface area contributed by atoms with Crippen LogP contribution in [0.4, 0.5) is 13.2 Å². The van der Waals surface area contributed by atoms with Crippen LogP contribution in [0.15, 0.2) is 42.7 Å². The third-order valence-corrected chi connectivity index (χ3v) is 5.78. The molecule has 0 spiro atoms. The van der Waals surface area contributed by atoms with Crippen LogP contribution >= 0.6 is 0 Å². The van der Waals surface area contributed by atoms with E-state index in [2.05, 4.69) is 17.0 Å². The van der Waals surface area contributed by atoms with Crippen LogP contribution in [-0.2, 0) is 13.2 Å². The Hall–Kier alpha value is -2.31.